The fourth-order valence-corrected chi connectivity index (χ4v) is 2.77. The third-order valence-corrected chi connectivity index (χ3v) is 3.88. The first-order valence-electron chi connectivity index (χ1n) is 7.05. The monoisotopic (exact) mass is 291 g/mol. The Kier molecular flexibility index (Phi) is 4.95. The topological polar surface area (TPSA) is 67.1 Å². The molecule has 0 atom stereocenters. The van der Waals surface area contributed by atoms with Crippen LogP contribution in [-0.4, -0.2) is 17.1 Å². The summed E-state index contributed by atoms with van der Waals surface area (Å²) in [6, 6.07) is 5.84. The largest absolute Gasteiger partial charge is 0.376 e. The number of hydrogen-bond donors (Lipinski definition) is 3. The normalized spacial score (nSPS) is 15.7. The fraction of sp³-hybridized carbons (Fsp3) is 0.467. The van der Waals surface area contributed by atoms with Crippen LogP contribution in [0.5, 0.6) is 0 Å². The Morgan fingerprint density at radius 2 is 2.00 bits per heavy atom. The molecule has 4 nitrogen and oxygen atoms in total. The van der Waals surface area contributed by atoms with E-state index in [0.717, 1.165) is 24.1 Å². The van der Waals surface area contributed by atoms with E-state index in [1.165, 1.54) is 19.3 Å². The van der Waals surface area contributed by atoms with E-state index >= 15 is 0 Å². The maximum absolute atomic E-state index is 12.4. The highest BCUT2D eigenvalue weighted by molar-refractivity contribution is 7.80. The van der Waals surface area contributed by atoms with Crippen molar-refractivity contribution in [3.63, 3.8) is 0 Å². The van der Waals surface area contributed by atoms with E-state index in [-0.39, 0.29) is 11.0 Å². The number of thiocarbonyl (C=S) groups is 1. The maximum atomic E-state index is 12.4. The Morgan fingerprint density at radius 1 is 1.30 bits per heavy atom. The number of nitrogens with two attached hydrogens (primary N) is 1. The lowest BCUT2D eigenvalue weighted by Gasteiger charge is -2.23. The van der Waals surface area contributed by atoms with Gasteiger partial charge in [0, 0.05) is 17.3 Å². The first-order chi connectivity index (χ1) is 9.58. The lowest BCUT2D eigenvalue weighted by atomic mass is 9.95. The number of amides is 1. The molecule has 1 aliphatic rings. The summed E-state index contributed by atoms with van der Waals surface area (Å²) >= 11 is 4.84. The minimum absolute atomic E-state index is 0.0130. The standard InChI is InChI=1S/C15H21N3OS/c1-10-12(8-5-9-13(10)18-15(16)20)14(19)17-11-6-3-2-4-7-11/h5,8-9,11H,2-4,6-7H2,1H3,(H,17,19)(H3,16,18,20). The number of carbonyl (C=O) groups is 1. The van der Waals surface area contributed by atoms with Crippen LogP contribution in [0.4, 0.5) is 5.69 Å². The van der Waals surface area contributed by atoms with Gasteiger partial charge < -0.3 is 16.4 Å². The van der Waals surface area contributed by atoms with Gasteiger partial charge in [0.15, 0.2) is 5.11 Å². The van der Waals surface area contributed by atoms with Gasteiger partial charge in [-0.05, 0) is 49.7 Å². The second kappa shape index (κ2) is 6.70. The summed E-state index contributed by atoms with van der Waals surface area (Å²) < 4.78 is 0. The summed E-state index contributed by atoms with van der Waals surface area (Å²) in [4.78, 5) is 12.4. The zero-order chi connectivity index (χ0) is 14.5. The molecule has 0 bridgehead atoms. The van der Waals surface area contributed by atoms with E-state index in [0.29, 0.717) is 11.6 Å². The van der Waals surface area contributed by atoms with Gasteiger partial charge in [-0.2, -0.15) is 0 Å². The van der Waals surface area contributed by atoms with Crippen molar-refractivity contribution < 1.29 is 4.79 Å². The van der Waals surface area contributed by atoms with Crippen LogP contribution in [0.3, 0.4) is 0 Å². The second-order valence-electron chi connectivity index (χ2n) is 5.28. The Labute approximate surface area is 125 Å². The summed E-state index contributed by atoms with van der Waals surface area (Å²) in [5.41, 5.74) is 7.82. The van der Waals surface area contributed by atoms with Crippen LogP contribution >= 0.6 is 12.2 Å². The van der Waals surface area contributed by atoms with Gasteiger partial charge in [0.05, 0.1) is 0 Å². The molecule has 5 heteroatoms. The van der Waals surface area contributed by atoms with Gasteiger partial charge in [-0.25, -0.2) is 0 Å². The zero-order valence-corrected chi connectivity index (χ0v) is 12.6. The minimum Gasteiger partial charge on any atom is -0.376 e. The minimum atomic E-state index is -0.0130. The third-order valence-electron chi connectivity index (χ3n) is 3.78. The molecule has 0 radical (unpaired) electrons. The summed E-state index contributed by atoms with van der Waals surface area (Å²) in [5.74, 6) is -0.0130. The average molecular weight is 291 g/mol. The molecule has 0 aromatic heterocycles. The van der Waals surface area contributed by atoms with Crippen molar-refractivity contribution in [2.24, 2.45) is 5.73 Å². The molecular formula is C15H21N3OS. The first-order valence-corrected chi connectivity index (χ1v) is 7.45. The lowest BCUT2D eigenvalue weighted by Crippen LogP contribution is -2.36. The maximum Gasteiger partial charge on any atom is 0.251 e. The molecule has 4 N–H and O–H groups in total. The van der Waals surface area contributed by atoms with E-state index in [1.807, 2.05) is 25.1 Å². The molecule has 0 unspecified atom stereocenters. The molecule has 1 saturated carbocycles. The SMILES string of the molecule is Cc1c(NC(N)=S)cccc1C(=O)NC1CCCCC1. The van der Waals surface area contributed by atoms with E-state index in [9.17, 15) is 4.79 Å². The third kappa shape index (κ3) is 3.70. The smallest absolute Gasteiger partial charge is 0.251 e. The Bertz CT molecular complexity index is 510. The molecule has 1 aliphatic carbocycles. The van der Waals surface area contributed by atoms with Crippen molar-refractivity contribution in [2.45, 2.75) is 45.1 Å². The molecule has 0 saturated heterocycles. The van der Waals surface area contributed by atoms with Gasteiger partial charge in [0.2, 0.25) is 0 Å². The summed E-state index contributed by atoms with van der Waals surface area (Å²) in [5, 5.41) is 6.23. The van der Waals surface area contributed by atoms with Crippen molar-refractivity contribution in [3.8, 4) is 0 Å². The molecule has 1 aromatic rings. The van der Waals surface area contributed by atoms with E-state index in [2.05, 4.69) is 10.6 Å². The van der Waals surface area contributed by atoms with Crippen molar-refractivity contribution in [2.75, 3.05) is 5.32 Å². The van der Waals surface area contributed by atoms with Crippen molar-refractivity contribution in [3.05, 3.63) is 29.3 Å². The Morgan fingerprint density at radius 3 is 2.65 bits per heavy atom. The Balaban J connectivity index is 2.10. The number of anilines is 1. The highest BCUT2D eigenvalue weighted by atomic mass is 32.1. The second-order valence-corrected chi connectivity index (χ2v) is 5.72. The van der Waals surface area contributed by atoms with Crippen LogP contribution in [-0.2, 0) is 0 Å². The molecule has 1 amide bonds. The van der Waals surface area contributed by atoms with Crippen LogP contribution in [0, 0.1) is 6.92 Å². The first kappa shape index (κ1) is 14.8. The van der Waals surface area contributed by atoms with Gasteiger partial charge in [-0.3, -0.25) is 4.79 Å². The molecular weight excluding hydrogens is 270 g/mol. The fourth-order valence-electron chi connectivity index (χ4n) is 2.66. The van der Waals surface area contributed by atoms with Crippen LogP contribution in [0.25, 0.3) is 0 Å². The molecule has 20 heavy (non-hydrogen) atoms. The highest BCUT2D eigenvalue weighted by Gasteiger charge is 2.18. The predicted molar refractivity (Wildman–Crippen MR) is 85.9 cm³/mol. The molecule has 1 aromatic carbocycles. The van der Waals surface area contributed by atoms with Crippen molar-refractivity contribution >= 4 is 28.9 Å². The van der Waals surface area contributed by atoms with Crippen LogP contribution < -0.4 is 16.4 Å². The van der Waals surface area contributed by atoms with Crippen molar-refractivity contribution in [1.29, 1.82) is 0 Å². The number of hydrogen-bond acceptors (Lipinski definition) is 2. The molecule has 0 aliphatic heterocycles. The molecule has 0 heterocycles. The quantitative estimate of drug-likeness (QED) is 0.749. The van der Waals surface area contributed by atoms with Crippen LogP contribution in [0.2, 0.25) is 0 Å². The van der Waals surface area contributed by atoms with E-state index in [4.69, 9.17) is 18.0 Å². The molecule has 1 fully saturated rings. The number of carbonyl (C=O) groups excluding carboxylic acids is 1. The van der Waals surface area contributed by atoms with E-state index in [1.54, 1.807) is 0 Å². The number of benzene rings is 1. The number of rotatable bonds is 3. The van der Waals surface area contributed by atoms with Crippen molar-refractivity contribution in [1.82, 2.24) is 5.32 Å². The van der Waals surface area contributed by atoms with Gasteiger partial charge in [-0.15, -0.1) is 0 Å². The number of nitrogens with one attached hydrogen (secondary N) is 2. The molecule has 0 spiro atoms. The van der Waals surface area contributed by atoms with Crippen LogP contribution in [0.15, 0.2) is 18.2 Å². The summed E-state index contributed by atoms with van der Waals surface area (Å²) in [6.07, 6.45) is 5.84. The van der Waals surface area contributed by atoms with Crippen LogP contribution in [0.1, 0.15) is 48.0 Å². The summed E-state index contributed by atoms with van der Waals surface area (Å²) in [6.45, 7) is 1.90. The Hall–Kier alpha value is -1.62. The average Bonchev–Trinajstić information content (AvgIpc) is 2.41. The summed E-state index contributed by atoms with van der Waals surface area (Å²) in [7, 11) is 0. The van der Waals surface area contributed by atoms with Gasteiger partial charge in [0.1, 0.15) is 0 Å². The zero-order valence-electron chi connectivity index (χ0n) is 11.7. The van der Waals surface area contributed by atoms with Gasteiger partial charge in [-0.1, -0.05) is 25.3 Å². The lowest BCUT2D eigenvalue weighted by molar-refractivity contribution is 0.0927. The van der Waals surface area contributed by atoms with Gasteiger partial charge >= 0.3 is 0 Å². The molecule has 2 rings (SSSR count). The van der Waals surface area contributed by atoms with Gasteiger partial charge in [0.25, 0.3) is 5.91 Å². The predicted octanol–water partition coefficient (Wildman–Crippen LogP) is 2.71. The molecule has 108 valence electrons. The van der Waals surface area contributed by atoms with E-state index < -0.39 is 0 Å². The highest BCUT2D eigenvalue weighted by Crippen LogP contribution is 2.21.